The second-order valence-electron chi connectivity index (χ2n) is 3.73. The highest BCUT2D eigenvalue weighted by molar-refractivity contribution is 8.15. The number of nitrogens with one attached hydrogen (secondary N) is 1. The first-order chi connectivity index (χ1) is 7.78. The van der Waals surface area contributed by atoms with Gasteiger partial charge in [-0.05, 0) is 17.7 Å². The molecular weight excluding hydrogens is 218 g/mol. The molecule has 1 aromatic rings. The van der Waals surface area contributed by atoms with E-state index in [1.54, 1.807) is 11.8 Å². The number of aliphatic imine (C=N–C) groups is 1. The number of rotatable bonds is 2. The maximum Gasteiger partial charge on any atom is 0.161 e. The number of anilines is 1. The number of hydrogen-bond acceptors (Lipinski definition) is 4. The van der Waals surface area contributed by atoms with E-state index in [0.717, 1.165) is 23.0 Å². The van der Waals surface area contributed by atoms with Gasteiger partial charge < -0.3 is 5.32 Å². The van der Waals surface area contributed by atoms with Crippen molar-refractivity contribution < 1.29 is 0 Å². The van der Waals surface area contributed by atoms with Gasteiger partial charge in [0, 0.05) is 10.9 Å². The topological polar surface area (TPSA) is 48.2 Å². The zero-order valence-corrected chi connectivity index (χ0v) is 9.92. The fourth-order valence-corrected chi connectivity index (χ4v) is 2.32. The van der Waals surface area contributed by atoms with Crippen molar-refractivity contribution in [2.45, 2.75) is 18.6 Å². The number of hydrogen-bond donors (Lipinski definition) is 1. The molecule has 0 amide bonds. The lowest BCUT2D eigenvalue weighted by atomic mass is 10.1. The molecule has 0 bridgehead atoms. The molecule has 0 saturated heterocycles. The second kappa shape index (κ2) is 5.04. The first kappa shape index (κ1) is 11.0. The van der Waals surface area contributed by atoms with Gasteiger partial charge in [0.1, 0.15) is 0 Å². The van der Waals surface area contributed by atoms with Crippen molar-refractivity contribution in [2.24, 2.45) is 4.99 Å². The average molecular weight is 231 g/mol. The number of nitriles is 1. The van der Waals surface area contributed by atoms with Crippen molar-refractivity contribution in [3.8, 4) is 6.07 Å². The maximum absolute atomic E-state index is 8.56. The Kier molecular flexibility index (Phi) is 3.47. The van der Waals surface area contributed by atoms with Crippen LogP contribution in [0.4, 0.5) is 5.69 Å². The van der Waals surface area contributed by atoms with Gasteiger partial charge in [-0.3, -0.25) is 4.99 Å². The summed E-state index contributed by atoms with van der Waals surface area (Å²) in [6, 6.07) is 10.0. The van der Waals surface area contributed by atoms with Gasteiger partial charge in [-0.15, -0.1) is 0 Å². The van der Waals surface area contributed by atoms with Gasteiger partial charge in [-0.1, -0.05) is 30.8 Å². The van der Waals surface area contributed by atoms with Crippen LogP contribution in [-0.4, -0.2) is 17.0 Å². The lowest BCUT2D eigenvalue weighted by Gasteiger charge is -2.06. The molecule has 0 fully saturated rings. The third-order valence-electron chi connectivity index (χ3n) is 2.29. The normalized spacial score (nSPS) is 19.0. The largest absolute Gasteiger partial charge is 0.335 e. The quantitative estimate of drug-likeness (QED) is 0.851. The van der Waals surface area contributed by atoms with Gasteiger partial charge in [0.2, 0.25) is 0 Å². The lowest BCUT2D eigenvalue weighted by Crippen LogP contribution is -2.05. The highest BCUT2D eigenvalue weighted by Gasteiger charge is 2.14. The van der Waals surface area contributed by atoms with Crippen LogP contribution in [0.1, 0.15) is 12.5 Å². The molecule has 1 aliphatic rings. The van der Waals surface area contributed by atoms with Crippen LogP contribution in [0.2, 0.25) is 0 Å². The van der Waals surface area contributed by atoms with E-state index in [2.05, 4.69) is 23.3 Å². The van der Waals surface area contributed by atoms with E-state index in [-0.39, 0.29) is 0 Å². The summed E-state index contributed by atoms with van der Waals surface area (Å²) in [6.45, 7) is 3.05. The molecule has 0 saturated carbocycles. The highest BCUT2D eigenvalue weighted by Crippen LogP contribution is 2.22. The second-order valence-corrected chi connectivity index (χ2v) is 5.16. The van der Waals surface area contributed by atoms with E-state index >= 15 is 0 Å². The Balaban J connectivity index is 1.98. The summed E-state index contributed by atoms with van der Waals surface area (Å²) >= 11 is 1.76. The standard InChI is InChI=1S/C12H13N3S/c1-9-8-14-12(16-9)15-11-4-2-10(3-5-11)6-7-13/h2-5,9H,6,8H2,1H3,(H,14,15). The molecule has 1 unspecified atom stereocenters. The van der Waals surface area contributed by atoms with Gasteiger partial charge in [-0.25, -0.2) is 0 Å². The van der Waals surface area contributed by atoms with Gasteiger partial charge in [0.05, 0.1) is 19.0 Å². The van der Waals surface area contributed by atoms with Gasteiger partial charge in [-0.2, -0.15) is 5.26 Å². The van der Waals surface area contributed by atoms with Crippen LogP contribution in [0.25, 0.3) is 0 Å². The van der Waals surface area contributed by atoms with E-state index in [1.807, 2.05) is 24.3 Å². The third-order valence-corrected chi connectivity index (χ3v) is 3.30. The highest BCUT2D eigenvalue weighted by atomic mass is 32.2. The van der Waals surface area contributed by atoms with Crippen molar-refractivity contribution in [3.05, 3.63) is 29.8 Å². The van der Waals surface area contributed by atoms with Gasteiger partial charge in [0.25, 0.3) is 0 Å². The fourth-order valence-electron chi connectivity index (χ4n) is 1.47. The molecule has 0 radical (unpaired) electrons. The van der Waals surface area contributed by atoms with Crippen LogP contribution < -0.4 is 5.32 Å². The Labute approximate surface area is 99.6 Å². The smallest absolute Gasteiger partial charge is 0.161 e. The number of nitrogens with zero attached hydrogens (tertiary/aromatic N) is 2. The van der Waals surface area contributed by atoms with Crippen LogP contribution in [0, 0.1) is 11.3 Å². The molecule has 4 heteroatoms. The molecule has 1 heterocycles. The molecule has 16 heavy (non-hydrogen) atoms. The van der Waals surface area contributed by atoms with Crippen molar-refractivity contribution in [1.82, 2.24) is 0 Å². The first-order valence-electron chi connectivity index (χ1n) is 5.22. The summed E-state index contributed by atoms with van der Waals surface area (Å²) < 4.78 is 0. The van der Waals surface area contributed by atoms with E-state index in [0.29, 0.717) is 11.7 Å². The van der Waals surface area contributed by atoms with E-state index < -0.39 is 0 Å². The minimum absolute atomic E-state index is 0.465. The third kappa shape index (κ3) is 2.77. The summed E-state index contributed by atoms with van der Waals surface area (Å²) in [4.78, 5) is 4.39. The Bertz CT molecular complexity index is 431. The molecule has 82 valence electrons. The van der Waals surface area contributed by atoms with E-state index in [1.165, 1.54) is 0 Å². The van der Waals surface area contributed by atoms with E-state index in [4.69, 9.17) is 5.26 Å². The molecule has 1 atom stereocenters. The number of benzene rings is 1. The van der Waals surface area contributed by atoms with E-state index in [9.17, 15) is 0 Å². The predicted molar refractivity (Wildman–Crippen MR) is 68.7 cm³/mol. The average Bonchev–Trinajstić information content (AvgIpc) is 2.67. The minimum atomic E-state index is 0.465. The van der Waals surface area contributed by atoms with Crippen molar-refractivity contribution in [1.29, 1.82) is 5.26 Å². The molecule has 0 spiro atoms. The Morgan fingerprint density at radius 3 is 2.81 bits per heavy atom. The summed E-state index contributed by atoms with van der Waals surface area (Å²) in [7, 11) is 0. The molecule has 1 aromatic carbocycles. The Morgan fingerprint density at radius 1 is 1.50 bits per heavy atom. The van der Waals surface area contributed by atoms with Gasteiger partial charge in [0.15, 0.2) is 5.17 Å². The van der Waals surface area contributed by atoms with Crippen molar-refractivity contribution in [3.63, 3.8) is 0 Å². The molecule has 1 N–H and O–H groups in total. The predicted octanol–water partition coefficient (Wildman–Crippen LogP) is 2.66. The van der Waals surface area contributed by atoms with Crippen molar-refractivity contribution >= 4 is 22.6 Å². The number of thioether (sulfide) groups is 1. The molecular formula is C12H13N3S. The first-order valence-corrected chi connectivity index (χ1v) is 6.10. The molecule has 0 aromatic heterocycles. The van der Waals surface area contributed by atoms with Gasteiger partial charge >= 0.3 is 0 Å². The zero-order valence-electron chi connectivity index (χ0n) is 9.10. The Morgan fingerprint density at radius 2 is 2.25 bits per heavy atom. The monoisotopic (exact) mass is 231 g/mol. The fraction of sp³-hybridized carbons (Fsp3) is 0.333. The Hall–Kier alpha value is -1.47. The molecule has 3 nitrogen and oxygen atoms in total. The number of amidine groups is 1. The zero-order chi connectivity index (χ0) is 11.4. The summed E-state index contributed by atoms with van der Waals surface area (Å²) in [5.41, 5.74) is 2.07. The molecule has 2 rings (SSSR count). The van der Waals surface area contributed by atoms with Crippen LogP contribution >= 0.6 is 11.8 Å². The summed E-state index contributed by atoms with van der Waals surface area (Å²) in [6.07, 6.45) is 0.465. The summed E-state index contributed by atoms with van der Waals surface area (Å²) in [5, 5.41) is 13.4. The molecule has 0 aliphatic carbocycles. The van der Waals surface area contributed by atoms with Crippen LogP contribution in [0.15, 0.2) is 29.3 Å². The van der Waals surface area contributed by atoms with Crippen LogP contribution in [0.5, 0.6) is 0 Å². The maximum atomic E-state index is 8.56. The van der Waals surface area contributed by atoms with Crippen molar-refractivity contribution in [2.75, 3.05) is 11.9 Å². The molecule has 1 aliphatic heterocycles. The summed E-state index contributed by atoms with van der Waals surface area (Å²) in [5.74, 6) is 0. The minimum Gasteiger partial charge on any atom is -0.335 e. The van der Waals surface area contributed by atoms with Crippen LogP contribution in [0.3, 0.4) is 0 Å². The lowest BCUT2D eigenvalue weighted by molar-refractivity contribution is 0.976. The van der Waals surface area contributed by atoms with Crippen LogP contribution in [-0.2, 0) is 6.42 Å². The SMILES string of the molecule is CC1CN=C(Nc2ccc(CC#N)cc2)S1.